The van der Waals surface area contributed by atoms with E-state index >= 15 is 0 Å². The zero-order valence-corrected chi connectivity index (χ0v) is 11.3. The molecule has 1 atom stereocenters. The van der Waals surface area contributed by atoms with Crippen molar-refractivity contribution >= 4 is 11.4 Å². The van der Waals surface area contributed by atoms with Crippen LogP contribution in [0, 0.1) is 0 Å². The summed E-state index contributed by atoms with van der Waals surface area (Å²) in [6.45, 7) is 6.80. The first-order valence-electron chi connectivity index (χ1n) is 6.77. The van der Waals surface area contributed by atoms with Gasteiger partial charge in [-0.3, -0.25) is 4.98 Å². The van der Waals surface area contributed by atoms with Crippen LogP contribution in [0.3, 0.4) is 0 Å². The molecule has 1 unspecified atom stereocenters. The van der Waals surface area contributed by atoms with Gasteiger partial charge in [0.05, 0.1) is 29.4 Å². The smallest absolute Gasteiger partial charge is 0.0637 e. The maximum atomic E-state index is 10.1. The van der Waals surface area contributed by atoms with Crippen molar-refractivity contribution in [2.24, 2.45) is 0 Å². The van der Waals surface area contributed by atoms with Crippen molar-refractivity contribution in [3.8, 4) is 0 Å². The van der Waals surface area contributed by atoms with E-state index in [1.54, 1.807) is 0 Å². The molecule has 0 saturated carbocycles. The third-order valence-corrected chi connectivity index (χ3v) is 3.53. The summed E-state index contributed by atoms with van der Waals surface area (Å²) in [5, 5.41) is 13.4. The minimum Gasteiger partial charge on any atom is -0.390 e. The van der Waals surface area contributed by atoms with E-state index in [-0.39, 0.29) is 0 Å². The average Bonchev–Trinajstić information content (AvgIpc) is 2.51. The van der Waals surface area contributed by atoms with Gasteiger partial charge in [-0.15, -0.1) is 0 Å². The van der Waals surface area contributed by atoms with E-state index in [0.717, 1.165) is 50.3 Å². The topological polar surface area (TPSA) is 48.4 Å². The summed E-state index contributed by atoms with van der Waals surface area (Å²) in [6, 6.07) is 2.14. The Hall–Kier alpha value is -1.29. The molecule has 0 radical (unpaired) electrons. The predicted molar refractivity (Wildman–Crippen MR) is 75.1 cm³/mol. The van der Waals surface area contributed by atoms with Gasteiger partial charge in [-0.25, -0.2) is 0 Å². The van der Waals surface area contributed by atoms with Crippen LogP contribution in [-0.2, 0) is 0 Å². The van der Waals surface area contributed by atoms with Gasteiger partial charge in [0, 0.05) is 19.6 Å². The van der Waals surface area contributed by atoms with E-state index in [0.29, 0.717) is 0 Å². The molecule has 1 aromatic heterocycles. The molecule has 0 spiro atoms. The number of rotatable bonds is 3. The first-order chi connectivity index (χ1) is 8.61. The third kappa shape index (κ3) is 3.35. The van der Waals surface area contributed by atoms with Crippen LogP contribution in [0.2, 0.25) is 0 Å². The predicted octanol–water partition coefficient (Wildman–Crippen LogP) is 2.25. The van der Waals surface area contributed by atoms with E-state index in [4.69, 9.17) is 0 Å². The molecular weight excluding hydrogens is 226 g/mol. The monoisotopic (exact) mass is 249 g/mol. The van der Waals surface area contributed by atoms with Gasteiger partial charge in [-0.05, 0) is 39.2 Å². The lowest BCUT2D eigenvalue weighted by molar-refractivity contribution is 0.0481. The summed E-state index contributed by atoms with van der Waals surface area (Å²) in [5.74, 6) is 0. The van der Waals surface area contributed by atoms with Crippen molar-refractivity contribution in [3.63, 3.8) is 0 Å². The number of pyridine rings is 1. The largest absolute Gasteiger partial charge is 0.390 e. The molecule has 1 aliphatic heterocycles. The van der Waals surface area contributed by atoms with E-state index < -0.39 is 5.60 Å². The molecule has 1 aromatic rings. The molecule has 4 heteroatoms. The number of anilines is 2. The SMILES string of the molecule is CCNc1cncc(N2CCCC(C)(O)CC2)c1. The van der Waals surface area contributed by atoms with Crippen LogP contribution >= 0.6 is 0 Å². The normalized spacial score (nSPS) is 24.7. The Balaban J connectivity index is 2.08. The summed E-state index contributed by atoms with van der Waals surface area (Å²) in [7, 11) is 0. The lowest BCUT2D eigenvalue weighted by Gasteiger charge is -2.24. The van der Waals surface area contributed by atoms with Gasteiger partial charge in [-0.1, -0.05) is 0 Å². The summed E-state index contributed by atoms with van der Waals surface area (Å²) in [6.07, 6.45) is 6.47. The highest BCUT2D eigenvalue weighted by Gasteiger charge is 2.25. The zero-order valence-electron chi connectivity index (χ0n) is 11.3. The van der Waals surface area contributed by atoms with Crippen LogP contribution < -0.4 is 10.2 Å². The van der Waals surface area contributed by atoms with Crippen LogP contribution in [0.4, 0.5) is 11.4 Å². The molecular formula is C14H23N3O. The molecule has 100 valence electrons. The molecule has 0 aliphatic carbocycles. The number of hydrogen-bond acceptors (Lipinski definition) is 4. The van der Waals surface area contributed by atoms with E-state index in [9.17, 15) is 5.11 Å². The lowest BCUT2D eigenvalue weighted by atomic mass is 9.98. The van der Waals surface area contributed by atoms with Crippen LogP contribution in [-0.4, -0.2) is 35.3 Å². The van der Waals surface area contributed by atoms with E-state index in [2.05, 4.69) is 28.2 Å². The molecule has 0 bridgehead atoms. The Kier molecular flexibility index (Phi) is 4.07. The molecule has 0 aromatic carbocycles. The van der Waals surface area contributed by atoms with Crippen molar-refractivity contribution in [1.29, 1.82) is 0 Å². The number of nitrogens with one attached hydrogen (secondary N) is 1. The first-order valence-corrected chi connectivity index (χ1v) is 6.77. The average molecular weight is 249 g/mol. The second-order valence-corrected chi connectivity index (χ2v) is 5.30. The van der Waals surface area contributed by atoms with Gasteiger partial charge in [0.15, 0.2) is 0 Å². The molecule has 1 saturated heterocycles. The summed E-state index contributed by atoms with van der Waals surface area (Å²) < 4.78 is 0. The highest BCUT2D eigenvalue weighted by atomic mass is 16.3. The number of aliphatic hydroxyl groups is 1. The second-order valence-electron chi connectivity index (χ2n) is 5.30. The molecule has 4 nitrogen and oxygen atoms in total. The Bertz CT molecular complexity index is 392. The quantitative estimate of drug-likeness (QED) is 0.862. The minimum atomic E-state index is -0.512. The van der Waals surface area contributed by atoms with Gasteiger partial charge < -0.3 is 15.3 Å². The fourth-order valence-electron chi connectivity index (χ4n) is 2.42. The van der Waals surface area contributed by atoms with Crippen molar-refractivity contribution in [3.05, 3.63) is 18.5 Å². The maximum absolute atomic E-state index is 10.1. The highest BCUT2D eigenvalue weighted by Crippen LogP contribution is 2.26. The molecule has 18 heavy (non-hydrogen) atoms. The van der Waals surface area contributed by atoms with E-state index in [1.165, 1.54) is 0 Å². The fourth-order valence-corrected chi connectivity index (χ4v) is 2.42. The van der Waals surface area contributed by atoms with E-state index in [1.807, 2.05) is 19.3 Å². The summed E-state index contributed by atoms with van der Waals surface area (Å²) in [4.78, 5) is 6.59. The van der Waals surface area contributed by atoms with Crippen LogP contribution in [0.25, 0.3) is 0 Å². The lowest BCUT2D eigenvalue weighted by Crippen LogP contribution is -2.28. The number of nitrogens with zero attached hydrogens (tertiary/aromatic N) is 2. The van der Waals surface area contributed by atoms with Crippen molar-refractivity contribution < 1.29 is 5.11 Å². The molecule has 2 rings (SSSR count). The van der Waals surface area contributed by atoms with Crippen molar-refractivity contribution in [2.75, 3.05) is 29.9 Å². The highest BCUT2D eigenvalue weighted by molar-refractivity contribution is 5.55. The van der Waals surface area contributed by atoms with Gasteiger partial charge in [0.25, 0.3) is 0 Å². The standard InChI is InChI=1S/C14H23N3O/c1-3-16-12-9-13(11-15-10-12)17-7-4-5-14(2,18)6-8-17/h9-11,16,18H,3-8H2,1-2H3. The number of hydrogen-bond donors (Lipinski definition) is 2. The molecule has 0 amide bonds. The molecule has 1 aliphatic rings. The van der Waals surface area contributed by atoms with Gasteiger partial charge in [-0.2, -0.15) is 0 Å². The van der Waals surface area contributed by atoms with Crippen LogP contribution in [0.15, 0.2) is 18.5 Å². The molecule has 2 N–H and O–H groups in total. The Labute approximate surface area is 109 Å². The van der Waals surface area contributed by atoms with Gasteiger partial charge >= 0.3 is 0 Å². The molecule has 2 heterocycles. The first kappa shape index (κ1) is 13.1. The maximum Gasteiger partial charge on any atom is 0.0637 e. The Morgan fingerprint density at radius 1 is 1.39 bits per heavy atom. The Morgan fingerprint density at radius 3 is 3.00 bits per heavy atom. The molecule has 1 fully saturated rings. The minimum absolute atomic E-state index is 0.512. The number of aromatic nitrogens is 1. The summed E-state index contributed by atoms with van der Waals surface area (Å²) >= 11 is 0. The van der Waals surface area contributed by atoms with Crippen LogP contribution in [0.1, 0.15) is 33.1 Å². The summed E-state index contributed by atoms with van der Waals surface area (Å²) in [5.41, 5.74) is 1.69. The third-order valence-electron chi connectivity index (χ3n) is 3.53. The van der Waals surface area contributed by atoms with Crippen molar-refractivity contribution in [2.45, 2.75) is 38.7 Å². The fraction of sp³-hybridized carbons (Fsp3) is 0.643. The van der Waals surface area contributed by atoms with Gasteiger partial charge in [0.2, 0.25) is 0 Å². The second kappa shape index (κ2) is 5.57. The zero-order chi connectivity index (χ0) is 13.0. The van der Waals surface area contributed by atoms with Crippen molar-refractivity contribution in [1.82, 2.24) is 4.98 Å². The van der Waals surface area contributed by atoms with Crippen LogP contribution in [0.5, 0.6) is 0 Å². The van der Waals surface area contributed by atoms with Gasteiger partial charge in [0.1, 0.15) is 0 Å². The Morgan fingerprint density at radius 2 is 2.22 bits per heavy atom.